The van der Waals surface area contributed by atoms with Crippen molar-refractivity contribution in [2.45, 2.75) is 37.6 Å². The molecule has 2 N–H and O–H groups in total. The van der Waals surface area contributed by atoms with Gasteiger partial charge in [-0.1, -0.05) is 59.3 Å². The Morgan fingerprint density at radius 3 is 2.60 bits per heavy atom. The van der Waals surface area contributed by atoms with Gasteiger partial charge in [0, 0.05) is 10.0 Å². The minimum absolute atomic E-state index is 0.225. The van der Waals surface area contributed by atoms with E-state index in [0.717, 1.165) is 17.3 Å². The molecule has 1 aliphatic carbocycles. The first kappa shape index (κ1) is 13.8. The monoisotopic (exact) mass is 329 g/mol. The van der Waals surface area contributed by atoms with Crippen molar-refractivity contribution in [3.05, 3.63) is 69.7 Å². The Morgan fingerprint density at radius 1 is 1.15 bits per heavy atom. The zero-order chi connectivity index (χ0) is 14.2. The van der Waals surface area contributed by atoms with Crippen LogP contribution in [0.1, 0.15) is 42.4 Å². The van der Waals surface area contributed by atoms with Crippen molar-refractivity contribution in [1.82, 2.24) is 0 Å². The van der Waals surface area contributed by atoms with Gasteiger partial charge in [-0.2, -0.15) is 0 Å². The van der Waals surface area contributed by atoms with Gasteiger partial charge in [-0.05, 0) is 54.0 Å². The second-order valence-corrected chi connectivity index (χ2v) is 6.90. The van der Waals surface area contributed by atoms with Crippen LogP contribution < -0.4 is 5.73 Å². The van der Waals surface area contributed by atoms with Gasteiger partial charge in [0.2, 0.25) is 0 Å². The molecular formula is C18H20BrN. The predicted octanol–water partition coefficient (Wildman–Crippen LogP) is 4.74. The van der Waals surface area contributed by atoms with Crippen LogP contribution in [-0.2, 0) is 12.0 Å². The van der Waals surface area contributed by atoms with Crippen molar-refractivity contribution in [1.29, 1.82) is 0 Å². The number of halogens is 1. The Labute approximate surface area is 129 Å². The van der Waals surface area contributed by atoms with Crippen molar-refractivity contribution in [3.63, 3.8) is 0 Å². The summed E-state index contributed by atoms with van der Waals surface area (Å²) >= 11 is 3.49. The highest BCUT2D eigenvalue weighted by molar-refractivity contribution is 9.10. The number of hydrogen-bond donors (Lipinski definition) is 1. The van der Waals surface area contributed by atoms with E-state index in [9.17, 15) is 0 Å². The van der Waals surface area contributed by atoms with Gasteiger partial charge < -0.3 is 5.73 Å². The van der Waals surface area contributed by atoms with Gasteiger partial charge in [-0.25, -0.2) is 0 Å². The predicted molar refractivity (Wildman–Crippen MR) is 87.8 cm³/mol. The van der Waals surface area contributed by atoms with Crippen LogP contribution in [0, 0.1) is 0 Å². The summed E-state index contributed by atoms with van der Waals surface area (Å²) in [5.74, 6) is 0.618. The molecule has 2 heteroatoms. The Hall–Kier alpha value is -1.12. The van der Waals surface area contributed by atoms with Crippen LogP contribution in [0.2, 0.25) is 0 Å². The lowest BCUT2D eigenvalue weighted by molar-refractivity contribution is 0.349. The molecule has 1 nitrogen and oxygen atoms in total. The first-order valence-electron chi connectivity index (χ1n) is 7.21. The topological polar surface area (TPSA) is 26.0 Å². The van der Waals surface area contributed by atoms with Gasteiger partial charge >= 0.3 is 0 Å². The average molecular weight is 330 g/mol. The summed E-state index contributed by atoms with van der Waals surface area (Å²) in [5.41, 5.74) is 10.6. The maximum atomic E-state index is 6.79. The van der Waals surface area contributed by atoms with Crippen LogP contribution in [0.4, 0.5) is 0 Å². The molecule has 0 heterocycles. The van der Waals surface area contributed by atoms with Crippen molar-refractivity contribution >= 4 is 15.9 Å². The summed E-state index contributed by atoms with van der Waals surface area (Å²) < 4.78 is 1.12. The zero-order valence-electron chi connectivity index (χ0n) is 11.8. The maximum absolute atomic E-state index is 6.79. The molecule has 0 aromatic heterocycles. The number of nitrogens with two attached hydrogens (primary N) is 1. The maximum Gasteiger partial charge on any atom is 0.0453 e. The van der Waals surface area contributed by atoms with Gasteiger partial charge in [0.15, 0.2) is 0 Å². The number of benzene rings is 2. The lowest BCUT2D eigenvalue weighted by Gasteiger charge is -2.38. The second kappa shape index (κ2) is 5.34. The van der Waals surface area contributed by atoms with E-state index in [1.807, 2.05) is 0 Å². The molecule has 104 valence electrons. The highest BCUT2D eigenvalue weighted by Crippen LogP contribution is 2.41. The highest BCUT2D eigenvalue weighted by Gasteiger charge is 2.35. The molecule has 0 aliphatic heterocycles. The summed E-state index contributed by atoms with van der Waals surface area (Å²) in [4.78, 5) is 0. The summed E-state index contributed by atoms with van der Waals surface area (Å²) in [7, 11) is 0. The summed E-state index contributed by atoms with van der Waals surface area (Å²) in [6.07, 6.45) is 3.13. The molecule has 0 saturated carbocycles. The molecule has 0 spiro atoms. The van der Waals surface area contributed by atoms with Gasteiger partial charge in [0.05, 0.1) is 0 Å². The molecule has 2 atom stereocenters. The molecule has 0 amide bonds. The van der Waals surface area contributed by atoms with E-state index in [2.05, 4.69) is 71.4 Å². The van der Waals surface area contributed by atoms with Crippen LogP contribution >= 0.6 is 15.9 Å². The summed E-state index contributed by atoms with van der Waals surface area (Å²) in [5, 5.41) is 0. The van der Waals surface area contributed by atoms with Crippen LogP contribution in [0.25, 0.3) is 0 Å². The van der Waals surface area contributed by atoms with E-state index >= 15 is 0 Å². The SMILES string of the molecule is CC1CCC(N)(Cc2ccc(Br)cc2)c2ccccc21. The third-order valence-electron chi connectivity index (χ3n) is 4.48. The van der Waals surface area contributed by atoms with E-state index < -0.39 is 0 Å². The summed E-state index contributed by atoms with van der Waals surface area (Å²) in [6.45, 7) is 2.30. The minimum atomic E-state index is -0.225. The normalized spacial score (nSPS) is 25.2. The Bertz CT molecular complexity index is 605. The van der Waals surface area contributed by atoms with Crippen molar-refractivity contribution < 1.29 is 0 Å². The Kier molecular flexibility index (Phi) is 3.70. The second-order valence-electron chi connectivity index (χ2n) is 5.99. The summed E-state index contributed by atoms with van der Waals surface area (Å²) in [6, 6.07) is 17.2. The fourth-order valence-electron chi connectivity index (χ4n) is 3.29. The first-order valence-corrected chi connectivity index (χ1v) is 8.00. The van der Waals surface area contributed by atoms with Gasteiger partial charge in [-0.15, -0.1) is 0 Å². The van der Waals surface area contributed by atoms with Crippen molar-refractivity contribution in [2.75, 3.05) is 0 Å². The molecule has 0 fully saturated rings. The molecule has 20 heavy (non-hydrogen) atoms. The van der Waals surface area contributed by atoms with Gasteiger partial charge in [-0.3, -0.25) is 0 Å². The Balaban J connectivity index is 1.96. The number of hydrogen-bond acceptors (Lipinski definition) is 1. The zero-order valence-corrected chi connectivity index (χ0v) is 13.4. The highest BCUT2D eigenvalue weighted by atomic mass is 79.9. The van der Waals surface area contributed by atoms with E-state index in [4.69, 9.17) is 5.73 Å². The third kappa shape index (κ3) is 2.55. The average Bonchev–Trinajstić information content (AvgIpc) is 2.46. The van der Waals surface area contributed by atoms with Crippen molar-refractivity contribution in [2.24, 2.45) is 5.73 Å². The molecule has 3 rings (SSSR count). The first-order chi connectivity index (χ1) is 9.58. The van der Waals surface area contributed by atoms with Crippen LogP contribution in [0.15, 0.2) is 53.0 Å². The molecule has 0 saturated heterocycles. The molecule has 0 bridgehead atoms. The molecule has 2 aromatic carbocycles. The van der Waals surface area contributed by atoms with Crippen LogP contribution in [-0.4, -0.2) is 0 Å². The lowest BCUT2D eigenvalue weighted by atomic mass is 9.70. The standard InChI is InChI=1S/C18H20BrN/c1-13-10-11-18(20,17-5-3-2-4-16(13)17)12-14-6-8-15(19)9-7-14/h2-9,13H,10-12,20H2,1H3. The van der Waals surface area contributed by atoms with Crippen LogP contribution in [0.5, 0.6) is 0 Å². The molecule has 0 radical (unpaired) electrons. The molecule has 1 aliphatic rings. The fourth-order valence-corrected chi connectivity index (χ4v) is 3.56. The molecule has 2 aromatic rings. The third-order valence-corrected chi connectivity index (χ3v) is 5.01. The lowest BCUT2D eigenvalue weighted by Crippen LogP contribution is -2.42. The fraction of sp³-hybridized carbons (Fsp3) is 0.333. The van der Waals surface area contributed by atoms with E-state index in [0.29, 0.717) is 5.92 Å². The quantitative estimate of drug-likeness (QED) is 0.845. The Morgan fingerprint density at radius 2 is 1.85 bits per heavy atom. The molecular weight excluding hydrogens is 310 g/mol. The smallest absolute Gasteiger partial charge is 0.0453 e. The van der Waals surface area contributed by atoms with Crippen molar-refractivity contribution in [3.8, 4) is 0 Å². The van der Waals surface area contributed by atoms with Gasteiger partial charge in [0.1, 0.15) is 0 Å². The van der Waals surface area contributed by atoms with E-state index in [1.54, 1.807) is 0 Å². The molecule has 2 unspecified atom stereocenters. The van der Waals surface area contributed by atoms with Gasteiger partial charge in [0.25, 0.3) is 0 Å². The van der Waals surface area contributed by atoms with E-state index in [-0.39, 0.29) is 5.54 Å². The number of rotatable bonds is 2. The number of fused-ring (bicyclic) bond motifs is 1. The van der Waals surface area contributed by atoms with Crippen LogP contribution in [0.3, 0.4) is 0 Å². The largest absolute Gasteiger partial charge is 0.321 e. The minimum Gasteiger partial charge on any atom is -0.321 e. The van der Waals surface area contributed by atoms with E-state index in [1.165, 1.54) is 23.1 Å².